The first-order valence-corrected chi connectivity index (χ1v) is 9.00. The molecule has 0 saturated heterocycles. The van der Waals surface area contributed by atoms with Crippen molar-refractivity contribution in [3.8, 4) is 17.2 Å². The van der Waals surface area contributed by atoms with E-state index >= 15 is 0 Å². The van der Waals surface area contributed by atoms with Crippen LogP contribution in [0, 0.1) is 0 Å². The molecular formula is C17H20N2O5S. The van der Waals surface area contributed by atoms with Crippen LogP contribution in [0.15, 0.2) is 52.5 Å². The molecule has 25 heavy (non-hydrogen) atoms. The van der Waals surface area contributed by atoms with Gasteiger partial charge < -0.3 is 14.6 Å². The van der Waals surface area contributed by atoms with E-state index < -0.39 is 10.0 Å². The molecule has 2 aromatic carbocycles. The molecule has 0 heterocycles. The minimum Gasteiger partial charge on any atom is -0.507 e. The van der Waals surface area contributed by atoms with Crippen molar-refractivity contribution in [3.05, 3.63) is 48.0 Å². The summed E-state index contributed by atoms with van der Waals surface area (Å²) in [5.41, 5.74) is 0.869. The summed E-state index contributed by atoms with van der Waals surface area (Å²) < 4.78 is 35.4. The fraction of sp³-hybridized carbons (Fsp3) is 0.235. The van der Waals surface area contributed by atoms with Crippen molar-refractivity contribution in [3.63, 3.8) is 0 Å². The summed E-state index contributed by atoms with van der Waals surface area (Å²) >= 11 is 0. The van der Waals surface area contributed by atoms with Crippen LogP contribution in [0.4, 0.5) is 0 Å². The molecule has 0 aliphatic rings. The number of hydrogen-bond donors (Lipinski definition) is 2. The van der Waals surface area contributed by atoms with Crippen molar-refractivity contribution in [2.45, 2.75) is 18.2 Å². The molecule has 2 rings (SSSR count). The van der Waals surface area contributed by atoms with Crippen molar-refractivity contribution in [2.24, 2.45) is 5.10 Å². The normalized spacial score (nSPS) is 11.9. The maximum Gasteiger partial charge on any atom is 0.280 e. The van der Waals surface area contributed by atoms with Gasteiger partial charge >= 0.3 is 0 Å². The Morgan fingerprint density at radius 1 is 1.16 bits per heavy atom. The average molecular weight is 364 g/mol. The number of nitrogens with one attached hydrogen (secondary N) is 1. The van der Waals surface area contributed by atoms with Crippen LogP contribution in [0.1, 0.15) is 18.9 Å². The minimum absolute atomic E-state index is 0.0289. The van der Waals surface area contributed by atoms with Crippen molar-refractivity contribution in [1.82, 2.24) is 4.83 Å². The Kier molecular flexibility index (Phi) is 5.87. The van der Waals surface area contributed by atoms with Gasteiger partial charge in [0.05, 0.1) is 19.9 Å². The van der Waals surface area contributed by atoms with Crippen LogP contribution in [0.2, 0.25) is 0 Å². The zero-order valence-corrected chi connectivity index (χ0v) is 15.0. The molecule has 0 unspecified atom stereocenters. The molecule has 2 aromatic rings. The fourth-order valence-electron chi connectivity index (χ4n) is 2.21. The third kappa shape index (κ3) is 4.21. The zero-order chi connectivity index (χ0) is 18.4. The van der Waals surface area contributed by atoms with Gasteiger partial charge in [0.15, 0.2) is 0 Å². The second-order valence-corrected chi connectivity index (χ2v) is 6.67. The Bertz CT molecular complexity index is 878. The summed E-state index contributed by atoms with van der Waals surface area (Å²) in [6.45, 7) is 1.81. The van der Waals surface area contributed by atoms with Gasteiger partial charge in [0, 0.05) is 11.6 Å². The summed E-state index contributed by atoms with van der Waals surface area (Å²) in [6, 6.07) is 11.0. The second kappa shape index (κ2) is 7.89. The summed E-state index contributed by atoms with van der Waals surface area (Å²) in [7, 11) is -1.17. The van der Waals surface area contributed by atoms with Crippen molar-refractivity contribution >= 4 is 15.7 Å². The number of hydrogen-bond acceptors (Lipinski definition) is 6. The van der Waals surface area contributed by atoms with Gasteiger partial charge in [-0.15, -0.1) is 0 Å². The van der Waals surface area contributed by atoms with Gasteiger partial charge in [-0.3, -0.25) is 0 Å². The van der Waals surface area contributed by atoms with Gasteiger partial charge in [0.1, 0.15) is 22.1 Å². The van der Waals surface area contributed by atoms with Crippen LogP contribution in [-0.2, 0) is 10.0 Å². The van der Waals surface area contributed by atoms with E-state index in [1.807, 2.05) is 6.92 Å². The molecule has 0 amide bonds. The predicted molar refractivity (Wildman–Crippen MR) is 94.8 cm³/mol. The highest BCUT2D eigenvalue weighted by Crippen LogP contribution is 2.28. The van der Waals surface area contributed by atoms with Gasteiger partial charge in [-0.1, -0.05) is 19.1 Å². The molecular weight excluding hydrogens is 344 g/mol. The Morgan fingerprint density at radius 2 is 1.88 bits per heavy atom. The Balaban J connectivity index is 2.40. The summed E-state index contributed by atoms with van der Waals surface area (Å²) in [5, 5.41) is 13.9. The highest BCUT2D eigenvalue weighted by molar-refractivity contribution is 7.89. The quantitative estimate of drug-likeness (QED) is 0.581. The number of ether oxygens (including phenoxy) is 2. The summed E-state index contributed by atoms with van der Waals surface area (Å²) in [6.07, 6.45) is 0.426. The van der Waals surface area contributed by atoms with E-state index in [1.54, 1.807) is 24.3 Å². The first-order valence-electron chi connectivity index (χ1n) is 7.51. The third-order valence-corrected chi connectivity index (χ3v) is 4.74. The van der Waals surface area contributed by atoms with E-state index in [1.165, 1.54) is 32.4 Å². The molecule has 0 aromatic heterocycles. The van der Waals surface area contributed by atoms with E-state index in [2.05, 4.69) is 9.93 Å². The number of nitrogens with zero attached hydrogens (tertiary/aromatic N) is 1. The van der Waals surface area contributed by atoms with E-state index in [-0.39, 0.29) is 16.4 Å². The number of hydrazone groups is 1. The molecule has 134 valence electrons. The Labute approximate surface area is 147 Å². The third-order valence-electron chi connectivity index (χ3n) is 3.51. The molecule has 2 N–H and O–H groups in total. The first kappa shape index (κ1) is 18.6. The molecule has 8 heteroatoms. The topological polar surface area (TPSA) is 97.2 Å². The maximum absolute atomic E-state index is 12.6. The zero-order valence-electron chi connectivity index (χ0n) is 14.2. The van der Waals surface area contributed by atoms with E-state index in [9.17, 15) is 13.5 Å². The number of rotatable bonds is 7. The van der Waals surface area contributed by atoms with Crippen LogP contribution in [-0.4, -0.2) is 33.5 Å². The smallest absolute Gasteiger partial charge is 0.280 e. The largest absolute Gasteiger partial charge is 0.507 e. The number of para-hydroxylation sites is 1. The van der Waals surface area contributed by atoms with E-state index in [0.717, 1.165) is 0 Å². The molecule has 0 aliphatic heterocycles. The lowest BCUT2D eigenvalue weighted by atomic mass is 10.1. The molecule has 0 aliphatic carbocycles. The van der Waals surface area contributed by atoms with Gasteiger partial charge in [-0.25, -0.2) is 0 Å². The Hall–Kier alpha value is -2.74. The number of phenols is 1. The van der Waals surface area contributed by atoms with Crippen LogP contribution < -0.4 is 14.3 Å². The van der Waals surface area contributed by atoms with Crippen LogP contribution in [0.25, 0.3) is 0 Å². The lowest BCUT2D eigenvalue weighted by Gasteiger charge is -2.12. The number of sulfonamides is 1. The Morgan fingerprint density at radius 3 is 2.48 bits per heavy atom. The summed E-state index contributed by atoms with van der Waals surface area (Å²) in [4.78, 5) is 2.10. The highest BCUT2D eigenvalue weighted by atomic mass is 32.2. The molecule has 0 bridgehead atoms. The molecule has 0 atom stereocenters. The fourth-order valence-corrected chi connectivity index (χ4v) is 3.22. The van der Waals surface area contributed by atoms with E-state index in [0.29, 0.717) is 23.4 Å². The van der Waals surface area contributed by atoms with Crippen LogP contribution >= 0.6 is 0 Å². The SMILES string of the molecule is CC/C(=N/NS(=O)(=O)c1cc(OC)ccc1OC)c1ccccc1O. The van der Waals surface area contributed by atoms with Crippen molar-refractivity contribution < 1.29 is 23.0 Å². The van der Waals surface area contributed by atoms with E-state index in [4.69, 9.17) is 9.47 Å². The molecule has 0 spiro atoms. The molecule has 7 nitrogen and oxygen atoms in total. The van der Waals surface area contributed by atoms with Crippen LogP contribution in [0.3, 0.4) is 0 Å². The molecule has 0 saturated carbocycles. The number of methoxy groups -OCH3 is 2. The second-order valence-electron chi connectivity index (χ2n) is 5.04. The number of aromatic hydroxyl groups is 1. The minimum atomic E-state index is -3.99. The highest BCUT2D eigenvalue weighted by Gasteiger charge is 2.20. The van der Waals surface area contributed by atoms with Gasteiger partial charge in [0.2, 0.25) is 0 Å². The van der Waals surface area contributed by atoms with Crippen molar-refractivity contribution in [2.75, 3.05) is 14.2 Å². The standard InChI is InChI=1S/C17H20N2O5S/c1-4-14(13-7-5-6-8-15(13)20)18-19-25(21,22)17-11-12(23-2)9-10-16(17)24-3/h5-11,19-20H,4H2,1-3H3/b18-14-. The lowest BCUT2D eigenvalue weighted by molar-refractivity contribution is 0.392. The van der Waals surface area contributed by atoms with Crippen LogP contribution in [0.5, 0.6) is 17.2 Å². The van der Waals surface area contributed by atoms with Gasteiger partial charge in [-0.05, 0) is 30.7 Å². The average Bonchev–Trinajstić information content (AvgIpc) is 2.63. The van der Waals surface area contributed by atoms with Crippen molar-refractivity contribution in [1.29, 1.82) is 0 Å². The molecule has 0 fully saturated rings. The number of benzene rings is 2. The summed E-state index contributed by atoms with van der Waals surface area (Å²) in [5.74, 6) is 0.576. The lowest BCUT2D eigenvalue weighted by Crippen LogP contribution is -2.21. The molecule has 0 radical (unpaired) electrons. The maximum atomic E-state index is 12.6. The first-order chi connectivity index (χ1) is 11.9. The van der Waals surface area contributed by atoms with Gasteiger partial charge in [0.25, 0.3) is 10.0 Å². The predicted octanol–water partition coefficient (Wildman–Crippen LogP) is 2.50. The van der Waals surface area contributed by atoms with Gasteiger partial charge in [-0.2, -0.15) is 18.4 Å². The number of phenolic OH excluding ortho intramolecular Hbond substituents is 1. The monoisotopic (exact) mass is 364 g/mol.